The number of carboxylic acid groups (broad SMARTS) is 1. The number of H-pyrrole nitrogens is 1. The maximum absolute atomic E-state index is 13.6. The minimum atomic E-state index is -1.33. The molecule has 112 valence electrons. The molecule has 7 heteroatoms. The van der Waals surface area contributed by atoms with E-state index < -0.39 is 17.3 Å². The van der Waals surface area contributed by atoms with Crippen molar-refractivity contribution in [2.24, 2.45) is 0 Å². The van der Waals surface area contributed by atoms with Crippen molar-refractivity contribution in [1.82, 2.24) is 10.2 Å². The summed E-state index contributed by atoms with van der Waals surface area (Å²) < 4.78 is 13.6. The molecule has 0 amide bonds. The fourth-order valence-corrected chi connectivity index (χ4v) is 2.04. The lowest BCUT2D eigenvalue weighted by Gasteiger charge is -2.10. The molecule has 0 saturated heterocycles. The molecule has 0 aliphatic carbocycles. The van der Waals surface area contributed by atoms with Crippen LogP contribution < -0.4 is 11.1 Å². The fraction of sp³-hybridized carbons (Fsp3) is 0.286. The van der Waals surface area contributed by atoms with Gasteiger partial charge in [-0.2, -0.15) is 5.10 Å². The van der Waals surface area contributed by atoms with Crippen LogP contribution in [0.4, 0.5) is 15.8 Å². The van der Waals surface area contributed by atoms with E-state index in [2.05, 4.69) is 15.5 Å². The number of benzene rings is 1. The third kappa shape index (κ3) is 3.50. The Morgan fingerprint density at radius 1 is 1.52 bits per heavy atom. The zero-order valence-corrected chi connectivity index (χ0v) is 11.6. The molecule has 0 fully saturated rings. The van der Waals surface area contributed by atoms with Gasteiger partial charge in [0.1, 0.15) is 5.82 Å². The smallest absolute Gasteiger partial charge is 0.338 e. The molecule has 5 N–H and O–H groups in total. The number of nitrogens with zero attached hydrogens (tertiary/aromatic N) is 1. The third-order valence-electron chi connectivity index (χ3n) is 3.24. The number of carbonyl (C=O) groups is 1. The molecule has 2 aromatic rings. The van der Waals surface area contributed by atoms with Crippen LogP contribution in [0.5, 0.6) is 0 Å². The van der Waals surface area contributed by atoms with Crippen LogP contribution in [0.25, 0.3) is 0 Å². The van der Waals surface area contributed by atoms with Crippen molar-refractivity contribution in [2.75, 3.05) is 17.6 Å². The first-order chi connectivity index (χ1) is 9.99. The standard InChI is InChI=1S/C14H17FN4O2/c1-8-9(7-18-19-8)3-2-4-17-13-6-11(15)10(14(20)21)5-12(13)16/h5-7,17H,2-4,16H2,1H3,(H,18,19)(H,20,21). The molecule has 0 unspecified atom stereocenters. The van der Waals surface area contributed by atoms with Gasteiger partial charge in [-0.05, 0) is 37.5 Å². The third-order valence-corrected chi connectivity index (χ3v) is 3.24. The summed E-state index contributed by atoms with van der Waals surface area (Å²) in [5.41, 5.74) is 8.09. The van der Waals surface area contributed by atoms with Gasteiger partial charge < -0.3 is 16.2 Å². The van der Waals surface area contributed by atoms with E-state index in [0.717, 1.165) is 36.2 Å². The van der Waals surface area contributed by atoms with Crippen LogP contribution in [0.15, 0.2) is 18.3 Å². The summed E-state index contributed by atoms with van der Waals surface area (Å²) in [6.07, 6.45) is 3.44. The van der Waals surface area contributed by atoms with Gasteiger partial charge in [0.05, 0.1) is 23.1 Å². The second-order valence-corrected chi connectivity index (χ2v) is 4.78. The zero-order chi connectivity index (χ0) is 15.4. The van der Waals surface area contributed by atoms with Gasteiger partial charge in [-0.1, -0.05) is 0 Å². The SMILES string of the molecule is Cc1[nH]ncc1CCCNc1cc(F)c(C(=O)O)cc1N. The van der Waals surface area contributed by atoms with Gasteiger partial charge in [-0.25, -0.2) is 9.18 Å². The van der Waals surface area contributed by atoms with Crippen LogP contribution in [0.3, 0.4) is 0 Å². The largest absolute Gasteiger partial charge is 0.478 e. The number of halogens is 1. The second kappa shape index (κ2) is 6.25. The number of anilines is 2. The summed E-state index contributed by atoms with van der Waals surface area (Å²) in [7, 11) is 0. The highest BCUT2D eigenvalue weighted by atomic mass is 19.1. The van der Waals surface area contributed by atoms with Crippen LogP contribution >= 0.6 is 0 Å². The van der Waals surface area contributed by atoms with E-state index >= 15 is 0 Å². The lowest BCUT2D eigenvalue weighted by atomic mass is 10.1. The maximum atomic E-state index is 13.6. The van der Waals surface area contributed by atoms with Crippen LogP contribution in [0.2, 0.25) is 0 Å². The van der Waals surface area contributed by atoms with Gasteiger partial charge in [0, 0.05) is 12.2 Å². The molecule has 21 heavy (non-hydrogen) atoms. The Balaban J connectivity index is 1.93. The van der Waals surface area contributed by atoms with Crippen LogP contribution in [-0.2, 0) is 6.42 Å². The quantitative estimate of drug-likeness (QED) is 0.482. The summed E-state index contributed by atoms with van der Waals surface area (Å²) in [4.78, 5) is 10.8. The molecule has 0 bridgehead atoms. The monoisotopic (exact) mass is 292 g/mol. The van der Waals surface area contributed by atoms with E-state index in [9.17, 15) is 9.18 Å². The Kier molecular flexibility index (Phi) is 4.42. The lowest BCUT2D eigenvalue weighted by molar-refractivity contribution is 0.0692. The van der Waals surface area contributed by atoms with Gasteiger partial charge in [0.2, 0.25) is 0 Å². The normalized spacial score (nSPS) is 10.6. The molecule has 0 aliphatic heterocycles. The molecule has 6 nitrogen and oxygen atoms in total. The molecule has 1 aromatic heterocycles. The molecule has 1 aromatic carbocycles. The lowest BCUT2D eigenvalue weighted by Crippen LogP contribution is -2.08. The average molecular weight is 292 g/mol. The Morgan fingerprint density at radius 3 is 2.90 bits per heavy atom. The number of nitrogens with one attached hydrogen (secondary N) is 2. The highest BCUT2D eigenvalue weighted by Crippen LogP contribution is 2.23. The number of carboxylic acids is 1. The van der Waals surface area contributed by atoms with Gasteiger partial charge >= 0.3 is 5.97 Å². The van der Waals surface area contributed by atoms with Gasteiger partial charge in [0.25, 0.3) is 0 Å². The summed E-state index contributed by atoms with van der Waals surface area (Å²) in [6, 6.07) is 2.24. The number of nitrogen functional groups attached to an aromatic ring is 1. The number of aromatic nitrogens is 2. The molecule has 0 aliphatic rings. The highest BCUT2D eigenvalue weighted by molar-refractivity contribution is 5.90. The van der Waals surface area contributed by atoms with Crippen molar-refractivity contribution in [3.8, 4) is 0 Å². The van der Waals surface area contributed by atoms with Crippen molar-refractivity contribution in [2.45, 2.75) is 19.8 Å². The number of aryl methyl sites for hydroxylation is 2. The van der Waals surface area contributed by atoms with Crippen molar-refractivity contribution >= 4 is 17.3 Å². The predicted octanol–water partition coefficient (Wildman–Crippen LogP) is 2.18. The van der Waals surface area contributed by atoms with E-state index in [1.165, 1.54) is 0 Å². The Morgan fingerprint density at radius 2 is 2.29 bits per heavy atom. The molecule has 0 radical (unpaired) electrons. The van der Waals surface area contributed by atoms with Crippen molar-refractivity contribution < 1.29 is 14.3 Å². The molecule has 0 atom stereocenters. The molecule has 2 rings (SSSR count). The topological polar surface area (TPSA) is 104 Å². The number of nitrogens with two attached hydrogens (primary N) is 1. The number of aromatic carboxylic acids is 1. The summed E-state index contributed by atoms with van der Waals surface area (Å²) in [5.74, 6) is -2.13. The van der Waals surface area contributed by atoms with Crippen molar-refractivity contribution in [1.29, 1.82) is 0 Å². The van der Waals surface area contributed by atoms with E-state index in [1.807, 2.05) is 6.92 Å². The first kappa shape index (κ1) is 14.8. The van der Waals surface area contributed by atoms with Crippen LogP contribution in [0, 0.1) is 12.7 Å². The summed E-state index contributed by atoms with van der Waals surface area (Å²) in [6.45, 7) is 2.55. The Hall–Kier alpha value is -2.57. The fourth-order valence-electron chi connectivity index (χ4n) is 2.04. The average Bonchev–Trinajstić information content (AvgIpc) is 2.83. The molecular weight excluding hydrogens is 275 g/mol. The predicted molar refractivity (Wildman–Crippen MR) is 77.9 cm³/mol. The minimum absolute atomic E-state index is 0.216. The van der Waals surface area contributed by atoms with Crippen molar-refractivity contribution in [3.05, 3.63) is 41.0 Å². The molecule has 1 heterocycles. The molecule has 0 saturated carbocycles. The number of hydrogen-bond donors (Lipinski definition) is 4. The highest BCUT2D eigenvalue weighted by Gasteiger charge is 2.13. The zero-order valence-electron chi connectivity index (χ0n) is 11.6. The molecular formula is C14H17FN4O2. The first-order valence-corrected chi connectivity index (χ1v) is 6.54. The second-order valence-electron chi connectivity index (χ2n) is 4.78. The number of aromatic amines is 1. The van der Waals surface area contributed by atoms with E-state index in [4.69, 9.17) is 10.8 Å². The summed E-state index contributed by atoms with van der Waals surface area (Å²) in [5, 5.41) is 18.6. The maximum Gasteiger partial charge on any atom is 0.338 e. The Labute approximate surface area is 121 Å². The van der Waals surface area contributed by atoms with Crippen LogP contribution in [-0.4, -0.2) is 27.8 Å². The number of rotatable bonds is 6. The van der Waals surface area contributed by atoms with E-state index in [1.54, 1.807) is 6.20 Å². The van der Waals surface area contributed by atoms with Crippen LogP contribution in [0.1, 0.15) is 28.0 Å². The van der Waals surface area contributed by atoms with Gasteiger partial charge in [-0.15, -0.1) is 0 Å². The van der Waals surface area contributed by atoms with Crippen molar-refractivity contribution in [3.63, 3.8) is 0 Å². The van der Waals surface area contributed by atoms with Gasteiger partial charge in [-0.3, -0.25) is 5.10 Å². The Bertz CT molecular complexity index is 654. The summed E-state index contributed by atoms with van der Waals surface area (Å²) >= 11 is 0. The first-order valence-electron chi connectivity index (χ1n) is 6.54. The minimum Gasteiger partial charge on any atom is -0.478 e. The molecule has 0 spiro atoms. The van der Waals surface area contributed by atoms with E-state index in [-0.39, 0.29) is 5.69 Å². The van der Waals surface area contributed by atoms with Gasteiger partial charge in [0.15, 0.2) is 0 Å². The van der Waals surface area contributed by atoms with E-state index in [0.29, 0.717) is 12.2 Å². The number of hydrogen-bond acceptors (Lipinski definition) is 4.